The average molecular weight is 334 g/mol. The molecular weight excluding hydrogens is 308 g/mol. The summed E-state index contributed by atoms with van der Waals surface area (Å²) in [6.07, 6.45) is 4.45. The second kappa shape index (κ2) is 7.07. The highest BCUT2D eigenvalue weighted by Gasteiger charge is 2.29. The highest BCUT2D eigenvalue weighted by atomic mass is 16.6. The van der Waals surface area contributed by atoms with Crippen molar-refractivity contribution >= 4 is 17.7 Å². The number of ether oxygens (including phenoxy) is 1. The lowest BCUT2D eigenvalue weighted by Gasteiger charge is -2.38. The maximum Gasteiger partial charge on any atom is 0.410 e. The molecule has 1 fully saturated rings. The molecule has 0 aromatic carbocycles. The molecule has 0 unspecified atom stereocenters. The van der Waals surface area contributed by atoms with Crippen LogP contribution < -0.4 is 10.6 Å². The van der Waals surface area contributed by atoms with Crippen molar-refractivity contribution in [3.05, 3.63) is 24.0 Å². The Morgan fingerprint density at radius 3 is 2.50 bits per heavy atom. The first-order chi connectivity index (χ1) is 11.2. The fourth-order valence-corrected chi connectivity index (χ4v) is 2.83. The third kappa shape index (κ3) is 4.37. The Balaban J connectivity index is 1.99. The van der Waals surface area contributed by atoms with Crippen LogP contribution in [0.1, 0.15) is 44.0 Å². The van der Waals surface area contributed by atoms with Crippen LogP contribution in [0.3, 0.4) is 0 Å². The average Bonchev–Trinajstić information content (AvgIpc) is 2.52. The number of pyridine rings is 1. The van der Waals surface area contributed by atoms with Gasteiger partial charge < -0.3 is 20.3 Å². The highest BCUT2D eigenvalue weighted by Crippen LogP contribution is 2.25. The van der Waals surface area contributed by atoms with Crippen LogP contribution in [-0.2, 0) is 4.74 Å². The summed E-state index contributed by atoms with van der Waals surface area (Å²) in [4.78, 5) is 31.5. The van der Waals surface area contributed by atoms with Crippen LogP contribution in [0.5, 0.6) is 0 Å². The molecule has 1 aromatic heterocycles. The molecule has 2 amide bonds. The molecule has 0 radical (unpaired) electrons. The molecule has 7 heteroatoms. The zero-order chi connectivity index (χ0) is 17.9. The molecular formula is C17H26N4O3. The van der Waals surface area contributed by atoms with Crippen molar-refractivity contribution in [3.63, 3.8) is 0 Å². The summed E-state index contributed by atoms with van der Waals surface area (Å²) >= 11 is 0. The van der Waals surface area contributed by atoms with Crippen molar-refractivity contribution < 1.29 is 14.3 Å². The lowest BCUT2D eigenvalue weighted by atomic mass is 10.0. The van der Waals surface area contributed by atoms with E-state index in [0.29, 0.717) is 5.56 Å². The monoisotopic (exact) mass is 334 g/mol. The van der Waals surface area contributed by atoms with Gasteiger partial charge in [-0.1, -0.05) is 0 Å². The van der Waals surface area contributed by atoms with E-state index < -0.39 is 11.5 Å². The van der Waals surface area contributed by atoms with Crippen LogP contribution in [0, 0.1) is 0 Å². The van der Waals surface area contributed by atoms with Crippen LogP contribution in [0.4, 0.5) is 10.5 Å². The Morgan fingerprint density at radius 2 is 1.96 bits per heavy atom. The van der Waals surface area contributed by atoms with Gasteiger partial charge in [0.15, 0.2) is 0 Å². The maximum atomic E-state index is 12.2. The summed E-state index contributed by atoms with van der Waals surface area (Å²) in [6, 6.07) is 1.92. The van der Waals surface area contributed by atoms with Gasteiger partial charge in [-0.25, -0.2) is 4.79 Å². The lowest BCUT2D eigenvalue weighted by molar-refractivity contribution is 0.0201. The maximum absolute atomic E-state index is 12.2. The normalized spacial score (nSPS) is 15.9. The van der Waals surface area contributed by atoms with E-state index in [-0.39, 0.29) is 12.1 Å². The van der Waals surface area contributed by atoms with Gasteiger partial charge >= 0.3 is 6.09 Å². The number of aromatic nitrogens is 1. The molecule has 1 aromatic rings. The fraction of sp³-hybridized carbons (Fsp3) is 0.588. The number of carbonyl (C=O) groups is 2. The molecule has 24 heavy (non-hydrogen) atoms. The van der Waals surface area contributed by atoms with Crippen molar-refractivity contribution in [1.82, 2.24) is 9.88 Å². The Morgan fingerprint density at radius 1 is 1.33 bits per heavy atom. The molecule has 1 saturated heterocycles. The smallest absolute Gasteiger partial charge is 0.410 e. The number of nitrogens with zero attached hydrogens (tertiary/aromatic N) is 3. The van der Waals surface area contributed by atoms with Gasteiger partial charge in [0, 0.05) is 38.6 Å². The lowest BCUT2D eigenvalue weighted by Crippen LogP contribution is -2.47. The number of piperidine rings is 1. The number of carbonyl (C=O) groups excluding carboxylic acids is 2. The van der Waals surface area contributed by atoms with Crippen LogP contribution in [0.2, 0.25) is 0 Å². The van der Waals surface area contributed by atoms with E-state index in [0.717, 1.165) is 31.6 Å². The van der Waals surface area contributed by atoms with Gasteiger partial charge in [0.1, 0.15) is 5.60 Å². The number of nitrogens with two attached hydrogens (primary N) is 1. The van der Waals surface area contributed by atoms with Crippen LogP contribution >= 0.6 is 0 Å². The molecule has 132 valence electrons. The summed E-state index contributed by atoms with van der Waals surface area (Å²) in [7, 11) is 1.77. The predicted octanol–water partition coefficient (Wildman–Crippen LogP) is 2.02. The highest BCUT2D eigenvalue weighted by molar-refractivity contribution is 5.98. The van der Waals surface area contributed by atoms with E-state index in [4.69, 9.17) is 10.5 Å². The first-order valence-corrected chi connectivity index (χ1v) is 8.13. The van der Waals surface area contributed by atoms with Gasteiger partial charge in [-0.3, -0.25) is 9.78 Å². The molecule has 0 bridgehead atoms. The van der Waals surface area contributed by atoms with Gasteiger partial charge in [-0.2, -0.15) is 0 Å². The Bertz CT molecular complexity index is 604. The second-order valence-electron chi connectivity index (χ2n) is 7.07. The fourth-order valence-electron chi connectivity index (χ4n) is 2.83. The molecule has 2 heterocycles. The van der Waals surface area contributed by atoms with Crippen molar-refractivity contribution in [3.8, 4) is 0 Å². The van der Waals surface area contributed by atoms with Crippen LogP contribution in [0.15, 0.2) is 18.5 Å². The Hall–Kier alpha value is -2.31. The third-order valence-electron chi connectivity index (χ3n) is 4.10. The molecule has 2 rings (SSSR count). The third-order valence-corrected chi connectivity index (χ3v) is 4.10. The summed E-state index contributed by atoms with van der Waals surface area (Å²) < 4.78 is 5.42. The minimum absolute atomic E-state index is 0.120. The predicted molar refractivity (Wildman–Crippen MR) is 92.0 cm³/mol. The zero-order valence-electron chi connectivity index (χ0n) is 14.8. The first-order valence-electron chi connectivity index (χ1n) is 8.13. The number of hydrogen-bond acceptors (Lipinski definition) is 5. The summed E-state index contributed by atoms with van der Waals surface area (Å²) in [5, 5.41) is 0. The largest absolute Gasteiger partial charge is 0.444 e. The number of hydrogen-bond donors (Lipinski definition) is 1. The summed E-state index contributed by atoms with van der Waals surface area (Å²) in [5.74, 6) is -0.480. The number of primary amides is 1. The van der Waals surface area contributed by atoms with Gasteiger partial charge in [-0.05, 0) is 39.7 Å². The van der Waals surface area contributed by atoms with Crippen LogP contribution in [-0.4, -0.2) is 53.7 Å². The molecule has 0 saturated carbocycles. The van der Waals surface area contributed by atoms with Crippen molar-refractivity contribution in [1.29, 1.82) is 0 Å². The standard InChI is InChI=1S/C17H26N4O3/c1-17(2,3)24-16(23)20(4)12-6-9-21(10-7-12)14-5-8-19-11-13(14)15(18)22/h5,8,11-12H,6-7,9-10H2,1-4H3,(H2,18,22). The van der Waals surface area contributed by atoms with Gasteiger partial charge in [-0.15, -0.1) is 0 Å². The topological polar surface area (TPSA) is 88.8 Å². The molecule has 7 nitrogen and oxygen atoms in total. The number of rotatable bonds is 3. The molecule has 0 spiro atoms. The quantitative estimate of drug-likeness (QED) is 0.913. The summed E-state index contributed by atoms with van der Waals surface area (Å²) in [6.45, 7) is 7.05. The zero-order valence-corrected chi connectivity index (χ0v) is 14.8. The van der Waals surface area contributed by atoms with Crippen molar-refractivity contribution in [2.45, 2.75) is 45.3 Å². The second-order valence-corrected chi connectivity index (χ2v) is 7.07. The molecule has 0 aliphatic carbocycles. The molecule has 2 N–H and O–H groups in total. The van der Waals surface area contributed by atoms with Gasteiger partial charge in [0.2, 0.25) is 0 Å². The van der Waals surface area contributed by atoms with Gasteiger partial charge in [0.05, 0.1) is 11.3 Å². The van der Waals surface area contributed by atoms with E-state index in [9.17, 15) is 9.59 Å². The van der Waals surface area contributed by atoms with E-state index in [1.165, 1.54) is 6.20 Å². The molecule has 1 aliphatic heterocycles. The SMILES string of the molecule is CN(C(=O)OC(C)(C)C)C1CCN(c2ccncc2C(N)=O)CC1. The number of amides is 2. The van der Waals surface area contributed by atoms with E-state index >= 15 is 0 Å². The Labute approximate surface area is 142 Å². The molecule has 1 aliphatic rings. The first kappa shape index (κ1) is 18.0. The van der Waals surface area contributed by atoms with Gasteiger partial charge in [0.25, 0.3) is 5.91 Å². The number of anilines is 1. The van der Waals surface area contributed by atoms with E-state index in [2.05, 4.69) is 9.88 Å². The summed E-state index contributed by atoms with van der Waals surface area (Å²) in [5.41, 5.74) is 6.15. The minimum atomic E-state index is -0.501. The minimum Gasteiger partial charge on any atom is -0.444 e. The Kier molecular flexibility index (Phi) is 5.31. The van der Waals surface area contributed by atoms with Crippen LogP contribution in [0.25, 0.3) is 0 Å². The van der Waals surface area contributed by atoms with Crippen molar-refractivity contribution in [2.75, 3.05) is 25.0 Å². The van der Waals surface area contributed by atoms with E-state index in [1.54, 1.807) is 24.2 Å². The molecule has 0 atom stereocenters. The van der Waals surface area contributed by atoms with E-state index in [1.807, 2.05) is 20.8 Å². The van der Waals surface area contributed by atoms with Crippen molar-refractivity contribution in [2.24, 2.45) is 5.73 Å².